The van der Waals surface area contributed by atoms with Crippen molar-refractivity contribution in [2.75, 3.05) is 23.7 Å². The van der Waals surface area contributed by atoms with Gasteiger partial charge in [-0.25, -0.2) is 8.42 Å². The Bertz CT molecular complexity index is 1120. The van der Waals surface area contributed by atoms with Crippen LogP contribution in [0.25, 0.3) is 0 Å². The number of benzene rings is 2. The lowest BCUT2D eigenvalue weighted by Crippen LogP contribution is -2.52. The van der Waals surface area contributed by atoms with E-state index in [0.29, 0.717) is 33.6 Å². The summed E-state index contributed by atoms with van der Waals surface area (Å²) in [4.78, 5) is 28.0. The van der Waals surface area contributed by atoms with Gasteiger partial charge >= 0.3 is 0 Å². The summed E-state index contributed by atoms with van der Waals surface area (Å²) in [7, 11) is -3.85. The molecule has 35 heavy (non-hydrogen) atoms. The lowest BCUT2D eigenvalue weighted by molar-refractivity contribution is -0.140. The van der Waals surface area contributed by atoms with Crippen LogP contribution in [0.2, 0.25) is 15.1 Å². The second kappa shape index (κ2) is 13.3. The first-order chi connectivity index (χ1) is 16.5. The third kappa shape index (κ3) is 8.27. The summed E-state index contributed by atoms with van der Waals surface area (Å²) in [5, 5.41) is 3.86. The molecule has 2 aromatic carbocycles. The first-order valence-corrected chi connectivity index (χ1v) is 14.2. The molecule has 2 amide bonds. The van der Waals surface area contributed by atoms with Crippen molar-refractivity contribution in [3.05, 3.63) is 63.1 Å². The van der Waals surface area contributed by atoms with Crippen LogP contribution in [0, 0.1) is 0 Å². The fourth-order valence-electron chi connectivity index (χ4n) is 3.52. The molecule has 0 aliphatic heterocycles. The number of halogens is 3. The Kier molecular flexibility index (Phi) is 11.1. The summed E-state index contributed by atoms with van der Waals surface area (Å²) in [6, 6.07) is 10.3. The molecule has 2 rings (SSSR count). The number of nitrogens with one attached hydrogen (secondary N) is 1. The number of amides is 2. The highest BCUT2D eigenvalue weighted by molar-refractivity contribution is 7.92. The molecule has 0 spiro atoms. The number of hydrogen-bond donors (Lipinski definition) is 1. The molecule has 0 aliphatic carbocycles. The van der Waals surface area contributed by atoms with Gasteiger partial charge in [-0.2, -0.15) is 0 Å². The quantitative estimate of drug-likeness (QED) is 0.363. The summed E-state index contributed by atoms with van der Waals surface area (Å²) in [5.41, 5.74) is 0.710. The Morgan fingerprint density at radius 3 is 2.20 bits per heavy atom. The van der Waals surface area contributed by atoms with E-state index >= 15 is 0 Å². The molecule has 0 fully saturated rings. The Morgan fingerprint density at radius 2 is 1.66 bits per heavy atom. The Balaban J connectivity index is 2.46. The van der Waals surface area contributed by atoms with E-state index in [0.717, 1.165) is 23.4 Å². The normalized spacial score (nSPS) is 12.2. The highest BCUT2D eigenvalue weighted by atomic mass is 35.5. The molecule has 0 aliphatic rings. The number of unbranched alkanes of at least 4 members (excludes halogenated alkanes) is 1. The van der Waals surface area contributed by atoms with Crippen molar-refractivity contribution in [2.24, 2.45) is 0 Å². The number of nitrogens with zero attached hydrogens (tertiary/aromatic N) is 2. The van der Waals surface area contributed by atoms with Crippen molar-refractivity contribution in [1.82, 2.24) is 10.2 Å². The maximum Gasteiger partial charge on any atom is 0.244 e. The molecule has 0 saturated carbocycles. The van der Waals surface area contributed by atoms with Gasteiger partial charge in [0, 0.05) is 33.7 Å². The van der Waals surface area contributed by atoms with E-state index in [1.54, 1.807) is 43.3 Å². The number of carbonyl (C=O) groups excluding carboxylic acids is 2. The molecule has 0 saturated heterocycles. The number of sulfonamides is 1. The average Bonchev–Trinajstić information content (AvgIpc) is 2.78. The summed E-state index contributed by atoms with van der Waals surface area (Å²) < 4.78 is 26.2. The van der Waals surface area contributed by atoms with Crippen molar-refractivity contribution in [2.45, 2.75) is 45.7 Å². The van der Waals surface area contributed by atoms with E-state index in [2.05, 4.69) is 5.32 Å². The summed E-state index contributed by atoms with van der Waals surface area (Å²) in [6.45, 7) is 3.67. The van der Waals surface area contributed by atoms with E-state index in [1.807, 2.05) is 6.92 Å². The van der Waals surface area contributed by atoms with Gasteiger partial charge < -0.3 is 10.2 Å². The molecular formula is C24H30Cl3N3O4S. The first kappa shape index (κ1) is 29.2. The van der Waals surface area contributed by atoms with E-state index in [-0.39, 0.29) is 18.1 Å². The lowest BCUT2D eigenvalue weighted by atomic mass is 10.1. The van der Waals surface area contributed by atoms with Crippen molar-refractivity contribution >= 4 is 62.3 Å². The zero-order chi connectivity index (χ0) is 26.2. The minimum absolute atomic E-state index is 0.0653. The number of anilines is 1. The summed E-state index contributed by atoms with van der Waals surface area (Å²) in [6.07, 6.45) is 3.01. The minimum Gasteiger partial charge on any atom is -0.354 e. The highest BCUT2D eigenvalue weighted by Crippen LogP contribution is 2.28. The Labute approximate surface area is 222 Å². The predicted octanol–water partition coefficient (Wildman–Crippen LogP) is 5.14. The van der Waals surface area contributed by atoms with Crippen LogP contribution in [-0.4, -0.2) is 50.5 Å². The summed E-state index contributed by atoms with van der Waals surface area (Å²) >= 11 is 18.8. The average molecular weight is 563 g/mol. The van der Waals surface area contributed by atoms with Crippen LogP contribution in [0.5, 0.6) is 0 Å². The Hall–Kier alpha value is -2.00. The maximum atomic E-state index is 13.6. The van der Waals surface area contributed by atoms with Gasteiger partial charge in [-0.1, -0.05) is 67.2 Å². The van der Waals surface area contributed by atoms with Gasteiger partial charge in [0.05, 0.1) is 11.9 Å². The Morgan fingerprint density at radius 1 is 1.03 bits per heavy atom. The molecule has 0 aromatic heterocycles. The molecule has 2 aromatic rings. The van der Waals surface area contributed by atoms with Crippen LogP contribution in [0.3, 0.4) is 0 Å². The van der Waals surface area contributed by atoms with Crippen LogP contribution in [0.15, 0.2) is 42.5 Å². The molecule has 7 nitrogen and oxygen atoms in total. The monoisotopic (exact) mass is 561 g/mol. The van der Waals surface area contributed by atoms with E-state index < -0.39 is 28.5 Å². The zero-order valence-corrected chi connectivity index (χ0v) is 23.0. The van der Waals surface area contributed by atoms with Crippen LogP contribution < -0.4 is 9.62 Å². The maximum absolute atomic E-state index is 13.6. The van der Waals surface area contributed by atoms with Crippen molar-refractivity contribution in [3.63, 3.8) is 0 Å². The molecule has 192 valence electrons. The molecule has 0 bridgehead atoms. The highest BCUT2D eigenvalue weighted by Gasteiger charge is 2.32. The molecule has 1 N–H and O–H groups in total. The molecule has 11 heteroatoms. The van der Waals surface area contributed by atoms with Crippen LogP contribution in [0.1, 0.15) is 38.7 Å². The topological polar surface area (TPSA) is 86.8 Å². The number of carbonyl (C=O) groups is 2. The molecule has 0 unspecified atom stereocenters. The second-order valence-corrected chi connectivity index (χ2v) is 11.2. The minimum atomic E-state index is -3.85. The predicted molar refractivity (Wildman–Crippen MR) is 143 cm³/mol. The standard InChI is InChI=1S/C24H30Cl3N3O4S/c1-4-6-13-28-24(32)22(5-2)29(15-19-20(26)11-8-12-21(19)27)23(31)16-30(35(3,33)34)18-10-7-9-17(25)14-18/h7-12,14,22H,4-6,13,15-16H2,1-3H3,(H,28,32)/t22-/m0/s1. The van der Waals surface area contributed by atoms with Crippen LogP contribution in [-0.2, 0) is 26.2 Å². The third-order valence-electron chi connectivity index (χ3n) is 5.38. The number of hydrogen-bond acceptors (Lipinski definition) is 4. The van der Waals surface area contributed by atoms with Gasteiger partial charge in [0.15, 0.2) is 0 Å². The van der Waals surface area contributed by atoms with Gasteiger partial charge in [0.1, 0.15) is 12.6 Å². The fourth-order valence-corrected chi connectivity index (χ4v) is 5.07. The molecule has 1 atom stereocenters. The fraction of sp³-hybridized carbons (Fsp3) is 0.417. The molecule has 0 radical (unpaired) electrons. The first-order valence-electron chi connectivity index (χ1n) is 11.2. The molecular weight excluding hydrogens is 533 g/mol. The van der Waals surface area contributed by atoms with Gasteiger partial charge in [0.25, 0.3) is 0 Å². The van der Waals surface area contributed by atoms with E-state index in [4.69, 9.17) is 34.8 Å². The van der Waals surface area contributed by atoms with Gasteiger partial charge in [0.2, 0.25) is 21.8 Å². The second-order valence-electron chi connectivity index (χ2n) is 8.04. The van der Waals surface area contributed by atoms with Gasteiger partial charge in [-0.15, -0.1) is 0 Å². The smallest absolute Gasteiger partial charge is 0.244 e. The lowest BCUT2D eigenvalue weighted by Gasteiger charge is -2.33. The largest absolute Gasteiger partial charge is 0.354 e. The third-order valence-corrected chi connectivity index (χ3v) is 7.46. The van der Waals surface area contributed by atoms with E-state index in [1.165, 1.54) is 11.0 Å². The van der Waals surface area contributed by atoms with Crippen LogP contribution in [0.4, 0.5) is 5.69 Å². The van der Waals surface area contributed by atoms with Crippen molar-refractivity contribution in [1.29, 1.82) is 0 Å². The number of rotatable bonds is 12. The van der Waals surface area contributed by atoms with E-state index in [9.17, 15) is 18.0 Å². The summed E-state index contributed by atoms with van der Waals surface area (Å²) in [5.74, 6) is -0.907. The van der Waals surface area contributed by atoms with Crippen LogP contribution >= 0.6 is 34.8 Å². The molecule has 0 heterocycles. The van der Waals surface area contributed by atoms with Gasteiger partial charge in [-0.3, -0.25) is 13.9 Å². The van der Waals surface area contributed by atoms with Crippen molar-refractivity contribution in [3.8, 4) is 0 Å². The zero-order valence-electron chi connectivity index (χ0n) is 19.9. The van der Waals surface area contributed by atoms with Crippen molar-refractivity contribution < 1.29 is 18.0 Å². The van der Waals surface area contributed by atoms with Gasteiger partial charge in [-0.05, 0) is 43.2 Å². The SMILES string of the molecule is CCCCNC(=O)[C@H](CC)N(Cc1c(Cl)cccc1Cl)C(=O)CN(c1cccc(Cl)c1)S(C)(=O)=O.